The van der Waals surface area contributed by atoms with E-state index in [0.29, 0.717) is 16.8 Å². The number of hydrogen-bond acceptors (Lipinski definition) is 3. The summed E-state index contributed by atoms with van der Waals surface area (Å²) in [7, 11) is 0. The number of benzene rings is 1. The standard InChI is InChI=1S/C17H17N3O/c1-12-5-6-16(14(10-12)4-3-8-18)17(21)20-15-7-9-19-13(2)11-15/h5-7,9-11H,8,18H2,1-2H3,(H,19,20,21). The van der Waals surface area contributed by atoms with Gasteiger partial charge in [-0.3, -0.25) is 9.78 Å². The summed E-state index contributed by atoms with van der Waals surface area (Å²) in [5.41, 5.74) is 9.23. The molecule has 21 heavy (non-hydrogen) atoms. The minimum absolute atomic E-state index is 0.193. The lowest BCUT2D eigenvalue weighted by molar-refractivity contribution is 0.102. The molecule has 106 valence electrons. The molecule has 0 fully saturated rings. The Labute approximate surface area is 124 Å². The summed E-state index contributed by atoms with van der Waals surface area (Å²) in [4.78, 5) is 16.5. The molecular weight excluding hydrogens is 262 g/mol. The maximum absolute atomic E-state index is 12.4. The van der Waals surface area contributed by atoms with Gasteiger partial charge in [0.25, 0.3) is 5.91 Å². The van der Waals surface area contributed by atoms with E-state index in [1.54, 1.807) is 18.3 Å². The van der Waals surface area contributed by atoms with Crippen LogP contribution in [0.5, 0.6) is 0 Å². The fourth-order valence-electron chi connectivity index (χ4n) is 1.93. The molecule has 0 saturated carbocycles. The second-order valence-electron chi connectivity index (χ2n) is 4.69. The number of pyridine rings is 1. The summed E-state index contributed by atoms with van der Waals surface area (Å²) >= 11 is 0. The topological polar surface area (TPSA) is 68.0 Å². The minimum Gasteiger partial charge on any atom is -0.322 e. The van der Waals surface area contributed by atoms with Crippen molar-refractivity contribution in [2.75, 3.05) is 11.9 Å². The maximum atomic E-state index is 12.4. The van der Waals surface area contributed by atoms with Crippen LogP contribution in [0.3, 0.4) is 0 Å². The fraction of sp³-hybridized carbons (Fsp3) is 0.176. The number of rotatable bonds is 2. The van der Waals surface area contributed by atoms with Gasteiger partial charge in [-0.05, 0) is 43.7 Å². The highest BCUT2D eigenvalue weighted by Crippen LogP contribution is 2.14. The number of amides is 1. The average Bonchev–Trinajstić information content (AvgIpc) is 2.45. The fourth-order valence-corrected chi connectivity index (χ4v) is 1.93. The van der Waals surface area contributed by atoms with Gasteiger partial charge >= 0.3 is 0 Å². The molecule has 0 spiro atoms. The number of aromatic nitrogens is 1. The second-order valence-corrected chi connectivity index (χ2v) is 4.69. The lowest BCUT2D eigenvalue weighted by atomic mass is 10.0. The van der Waals surface area contributed by atoms with E-state index in [1.165, 1.54) is 0 Å². The zero-order valence-corrected chi connectivity index (χ0v) is 12.1. The highest BCUT2D eigenvalue weighted by Gasteiger charge is 2.11. The van der Waals surface area contributed by atoms with Crippen LogP contribution in [0.25, 0.3) is 0 Å². The van der Waals surface area contributed by atoms with E-state index in [2.05, 4.69) is 22.1 Å². The third-order valence-corrected chi connectivity index (χ3v) is 2.90. The Balaban J connectivity index is 2.30. The molecule has 1 heterocycles. The molecule has 0 saturated heterocycles. The molecule has 3 N–H and O–H groups in total. The van der Waals surface area contributed by atoms with Crippen molar-refractivity contribution >= 4 is 11.6 Å². The van der Waals surface area contributed by atoms with Gasteiger partial charge in [0.2, 0.25) is 0 Å². The Bertz CT molecular complexity index is 726. The summed E-state index contributed by atoms with van der Waals surface area (Å²) in [6.45, 7) is 4.10. The van der Waals surface area contributed by atoms with E-state index in [9.17, 15) is 4.79 Å². The maximum Gasteiger partial charge on any atom is 0.256 e. The normalized spacial score (nSPS) is 9.67. The largest absolute Gasteiger partial charge is 0.322 e. The second kappa shape index (κ2) is 6.69. The van der Waals surface area contributed by atoms with Crippen LogP contribution in [0.15, 0.2) is 36.5 Å². The Morgan fingerprint density at radius 1 is 1.29 bits per heavy atom. The Hall–Kier alpha value is -2.64. The average molecular weight is 279 g/mol. The van der Waals surface area contributed by atoms with Crippen LogP contribution in [0.1, 0.15) is 27.2 Å². The number of carbonyl (C=O) groups excluding carboxylic acids is 1. The third-order valence-electron chi connectivity index (χ3n) is 2.90. The molecule has 0 aliphatic rings. The van der Waals surface area contributed by atoms with Crippen molar-refractivity contribution < 1.29 is 4.79 Å². The van der Waals surface area contributed by atoms with Gasteiger partial charge < -0.3 is 11.1 Å². The Morgan fingerprint density at radius 3 is 2.81 bits per heavy atom. The van der Waals surface area contributed by atoms with Crippen LogP contribution < -0.4 is 11.1 Å². The van der Waals surface area contributed by atoms with E-state index in [-0.39, 0.29) is 12.5 Å². The summed E-state index contributed by atoms with van der Waals surface area (Å²) in [5, 5.41) is 2.86. The van der Waals surface area contributed by atoms with Crippen molar-refractivity contribution in [3.05, 3.63) is 58.9 Å². The number of nitrogens with zero attached hydrogens (tertiary/aromatic N) is 1. The monoisotopic (exact) mass is 279 g/mol. The third kappa shape index (κ3) is 3.91. The van der Waals surface area contributed by atoms with E-state index in [0.717, 1.165) is 11.3 Å². The first-order valence-corrected chi connectivity index (χ1v) is 6.64. The molecule has 0 aliphatic heterocycles. The van der Waals surface area contributed by atoms with Crippen LogP contribution in [0, 0.1) is 25.7 Å². The molecule has 0 unspecified atom stereocenters. The quantitative estimate of drug-likeness (QED) is 0.829. The molecule has 2 aromatic rings. The van der Waals surface area contributed by atoms with Gasteiger partial charge in [0, 0.05) is 23.1 Å². The molecule has 4 nitrogen and oxygen atoms in total. The SMILES string of the molecule is Cc1ccc(C(=O)Nc2ccnc(C)c2)c(C#CCN)c1. The van der Waals surface area contributed by atoms with E-state index in [1.807, 2.05) is 32.0 Å². The summed E-state index contributed by atoms with van der Waals surface area (Å²) < 4.78 is 0. The van der Waals surface area contributed by atoms with Crippen molar-refractivity contribution in [2.24, 2.45) is 5.73 Å². The van der Waals surface area contributed by atoms with Gasteiger partial charge in [-0.15, -0.1) is 0 Å². The number of carbonyl (C=O) groups is 1. The number of nitrogens with one attached hydrogen (secondary N) is 1. The summed E-state index contributed by atoms with van der Waals surface area (Å²) in [6, 6.07) is 9.12. The molecule has 0 radical (unpaired) electrons. The van der Waals surface area contributed by atoms with Gasteiger partial charge in [0.15, 0.2) is 0 Å². The first-order valence-electron chi connectivity index (χ1n) is 6.64. The van der Waals surface area contributed by atoms with Crippen molar-refractivity contribution in [1.82, 2.24) is 4.98 Å². The van der Waals surface area contributed by atoms with Crippen molar-refractivity contribution in [2.45, 2.75) is 13.8 Å². The van der Waals surface area contributed by atoms with E-state index >= 15 is 0 Å². The van der Waals surface area contributed by atoms with Crippen LogP contribution in [-0.2, 0) is 0 Å². The first kappa shape index (κ1) is 14.8. The van der Waals surface area contributed by atoms with Crippen molar-refractivity contribution in [3.63, 3.8) is 0 Å². The molecule has 1 amide bonds. The molecular formula is C17H17N3O. The molecule has 4 heteroatoms. The van der Waals surface area contributed by atoms with Crippen LogP contribution in [-0.4, -0.2) is 17.4 Å². The molecule has 0 bridgehead atoms. The van der Waals surface area contributed by atoms with Crippen LogP contribution in [0.4, 0.5) is 5.69 Å². The number of hydrogen-bond donors (Lipinski definition) is 2. The predicted octanol–water partition coefficient (Wildman–Crippen LogP) is 2.26. The molecule has 0 aliphatic carbocycles. The van der Waals surface area contributed by atoms with Crippen LogP contribution in [0.2, 0.25) is 0 Å². The predicted molar refractivity (Wildman–Crippen MR) is 84.0 cm³/mol. The number of aryl methyl sites for hydroxylation is 2. The first-order chi connectivity index (χ1) is 10.1. The van der Waals surface area contributed by atoms with Gasteiger partial charge in [0.1, 0.15) is 0 Å². The molecule has 1 aromatic heterocycles. The smallest absolute Gasteiger partial charge is 0.256 e. The van der Waals surface area contributed by atoms with Crippen LogP contribution >= 0.6 is 0 Å². The van der Waals surface area contributed by atoms with Gasteiger partial charge in [-0.25, -0.2) is 0 Å². The minimum atomic E-state index is -0.193. The number of anilines is 1. The summed E-state index contributed by atoms with van der Waals surface area (Å²) in [6.07, 6.45) is 1.66. The zero-order valence-electron chi connectivity index (χ0n) is 12.1. The molecule has 2 rings (SSSR count). The highest BCUT2D eigenvalue weighted by atomic mass is 16.1. The number of nitrogens with two attached hydrogens (primary N) is 1. The highest BCUT2D eigenvalue weighted by molar-refractivity contribution is 6.06. The van der Waals surface area contributed by atoms with Crippen molar-refractivity contribution in [1.29, 1.82) is 0 Å². The van der Waals surface area contributed by atoms with E-state index in [4.69, 9.17) is 5.73 Å². The lowest BCUT2D eigenvalue weighted by Crippen LogP contribution is -2.14. The molecule has 0 atom stereocenters. The Kier molecular flexibility index (Phi) is 4.70. The van der Waals surface area contributed by atoms with E-state index < -0.39 is 0 Å². The Morgan fingerprint density at radius 2 is 2.10 bits per heavy atom. The summed E-state index contributed by atoms with van der Waals surface area (Å²) in [5.74, 6) is 5.54. The van der Waals surface area contributed by atoms with Gasteiger partial charge in [-0.1, -0.05) is 17.9 Å². The lowest BCUT2D eigenvalue weighted by Gasteiger charge is -2.08. The zero-order chi connectivity index (χ0) is 15.2. The van der Waals surface area contributed by atoms with Crippen molar-refractivity contribution in [3.8, 4) is 11.8 Å². The van der Waals surface area contributed by atoms with Gasteiger partial charge in [0.05, 0.1) is 12.1 Å². The van der Waals surface area contributed by atoms with Gasteiger partial charge in [-0.2, -0.15) is 0 Å². The molecule has 1 aromatic carbocycles.